The van der Waals surface area contributed by atoms with E-state index in [9.17, 15) is 13.2 Å². The molecule has 2 heterocycles. The fourth-order valence-corrected chi connectivity index (χ4v) is 5.91. The molecule has 1 aliphatic rings. The highest BCUT2D eigenvalue weighted by Gasteiger charge is 2.23. The van der Waals surface area contributed by atoms with E-state index in [2.05, 4.69) is 15.0 Å². The van der Waals surface area contributed by atoms with E-state index in [1.54, 1.807) is 42.5 Å². The van der Waals surface area contributed by atoms with Gasteiger partial charge in [-0.15, -0.1) is 0 Å². The first-order chi connectivity index (χ1) is 20.4. The summed E-state index contributed by atoms with van der Waals surface area (Å²) in [6.45, 7) is 2.38. The summed E-state index contributed by atoms with van der Waals surface area (Å²) < 4.78 is 46.6. The molecule has 0 unspecified atom stereocenters. The number of aromatic nitrogens is 1. The number of fused-ring (bicyclic) bond motifs is 2. The molecule has 0 bridgehead atoms. The van der Waals surface area contributed by atoms with Crippen LogP contribution in [-0.4, -0.2) is 26.1 Å². The highest BCUT2D eigenvalue weighted by atomic mass is 32.2. The van der Waals surface area contributed by atoms with Gasteiger partial charge in [-0.1, -0.05) is 43.3 Å². The molecular weight excluding hydrogens is 554 g/mol. The quantitative estimate of drug-likeness (QED) is 0.218. The maximum atomic E-state index is 13.6. The van der Waals surface area contributed by atoms with E-state index in [-0.39, 0.29) is 29.5 Å². The van der Waals surface area contributed by atoms with Gasteiger partial charge in [-0.25, -0.2) is 8.42 Å². The molecule has 5 aromatic rings. The Bertz CT molecular complexity index is 1900. The van der Waals surface area contributed by atoms with Gasteiger partial charge in [-0.05, 0) is 72.1 Å². The predicted octanol–water partition coefficient (Wildman–Crippen LogP) is 6.05. The van der Waals surface area contributed by atoms with Crippen molar-refractivity contribution in [3.05, 3.63) is 114 Å². The van der Waals surface area contributed by atoms with Gasteiger partial charge < -0.3 is 19.5 Å². The predicted molar refractivity (Wildman–Crippen MR) is 159 cm³/mol. The molecule has 9 nitrogen and oxygen atoms in total. The van der Waals surface area contributed by atoms with Gasteiger partial charge in [-0.2, -0.15) is 0 Å². The van der Waals surface area contributed by atoms with Gasteiger partial charge in [0.2, 0.25) is 6.79 Å². The average Bonchev–Trinajstić information content (AvgIpc) is 3.48. The van der Waals surface area contributed by atoms with E-state index in [1.165, 1.54) is 24.4 Å². The fraction of sp³-hybridized carbons (Fsp3) is 0.125. The van der Waals surface area contributed by atoms with E-state index in [0.29, 0.717) is 33.9 Å². The van der Waals surface area contributed by atoms with Crippen molar-refractivity contribution in [2.45, 2.75) is 24.8 Å². The number of pyridine rings is 1. The van der Waals surface area contributed by atoms with Gasteiger partial charge >= 0.3 is 0 Å². The molecule has 1 aromatic heterocycles. The summed E-state index contributed by atoms with van der Waals surface area (Å²) >= 11 is 0. The first kappa shape index (κ1) is 27.1. The number of nitrogens with zero attached hydrogens (tertiary/aromatic N) is 1. The number of sulfonamides is 1. The largest absolute Gasteiger partial charge is 0.457 e. The standard InChI is InChI=1S/C32H27N3O6S/c1-2-21-6-3-9-24(16-21)41-25-12-13-27(35-42(37,38)30-10-4-7-23-8-5-15-33-31(23)30)26(18-25)32(36)34-19-22-11-14-28-29(17-22)40-20-39-28/h3-18,35H,2,19-20H2,1H3,(H,34,36). The molecule has 0 spiro atoms. The van der Waals surface area contributed by atoms with Crippen LogP contribution in [-0.2, 0) is 23.0 Å². The second-order valence-electron chi connectivity index (χ2n) is 9.62. The number of benzene rings is 4. The molecule has 0 radical (unpaired) electrons. The molecule has 0 aliphatic carbocycles. The van der Waals surface area contributed by atoms with Gasteiger partial charge in [0.05, 0.1) is 16.8 Å². The zero-order valence-electron chi connectivity index (χ0n) is 22.7. The first-order valence-electron chi connectivity index (χ1n) is 13.3. The minimum atomic E-state index is -4.11. The second kappa shape index (κ2) is 11.4. The van der Waals surface area contributed by atoms with E-state index in [1.807, 2.05) is 37.3 Å². The number of carbonyl (C=O) groups is 1. The van der Waals surface area contributed by atoms with Crippen LogP contribution in [0.25, 0.3) is 10.9 Å². The van der Waals surface area contributed by atoms with Gasteiger partial charge in [0.15, 0.2) is 11.5 Å². The Balaban J connectivity index is 1.32. The Morgan fingerprint density at radius 3 is 2.57 bits per heavy atom. The lowest BCUT2D eigenvalue weighted by Crippen LogP contribution is -2.25. The molecular formula is C32H27N3O6S. The molecule has 0 saturated carbocycles. The van der Waals surface area contributed by atoms with Crippen LogP contribution in [0.2, 0.25) is 0 Å². The number of hydrogen-bond donors (Lipinski definition) is 2. The molecule has 0 fully saturated rings. The van der Waals surface area contributed by atoms with Crippen molar-refractivity contribution in [3.8, 4) is 23.0 Å². The number of aryl methyl sites for hydroxylation is 1. The smallest absolute Gasteiger partial charge is 0.264 e. The number of carbonyl (C=O) groups excluding carboxylic acids is 1. The number of nitrogens with one attached hydrogen (secondary N) is 2. The molecule has 0 saturated heterocycles. The Morgan fingerprint density at radius 2 is 1.69 bits per heavy atom. The van der Waals surface area contributed by atoms with Crippen molar-refractivity contribution in [3.63, 3.8) is 0 Å². The molecule has 1 amide bonds. The van der Waals surface area contributed by atoms with Crippen molar-refractivity contribution in [1.29, 1.82) is 0 Å². The van der Waals surface area contributed by atoms with Crippen LogP contribution in [0.15, 0.2) is 102 Å². The summed E-state index contributed by atoms with van der Waals surface area (Å²) in [7, 11) is -4.11. The maximum Gasteiger partial charge on any atom is 0.264 e. The monoisotopic (exact) mass is 581 g/mol. The molecule has 0 atom stereocenters. The number of amides is 1. The Hall–Kier alpha value is -5.09. The normalized spacial score (nSPS) is 12.2. The molecule has 42 heavy (non-hydrogen) atoms. The number of hydrogen-bond acceptors (Lipinski definition) is 7. The topological polar surface area (TPSA) is 116 Å². The highest BCUT2D eigenvalue weighted by Crippen LogP contribution is 2.33. The lowest BCUT2D eigenvalue weighted by molar-refractivity contribution is 0.0951. The highest BCUT2D eigenvalue weighted by molar-refractivity contribution is 7.93. The SMILES string of the molecule is CCc1cccc(Oc2ccc(NS(=O)(=O)c3cccc4cccnc34)c(C(=O)NCc3ccc4c(c3)OCO4)c2)c1. The summed E-state index contributed by atoms with van der Waals surface area (Å²) in [4.78, 5) is 17.8. The van der Waals surface area contributed by atoms with Crippen molar-refractivity contribution < 1.29 is 27.4 Å². The average molecular weight is 582 g/mol. The third-order valence-corrected chi connectivity index (χ3v) is 8.19. The van der Waals surface area contributed by atoms with Crippen LogP contribution in [0, 0.1) is 0 Å². The Morgan fingerprint density at radius 1 is 0.881 bits per heavy atom. The number of ether oxygens (including phenoxy) is 3. The third kappa shape index (κ3) is 5.70. The Kier molecular flexibility index (Phi) is 7.37. The lowest BCUT2D eigenvalue weighted by atomic mass is 10.1. The summed E-state index contributed by atoms with van der Waals surface area (Å²) in [5, 5.41) is 3.55. The van der Waals surface area contributed by atoms with Crippen LogP contribution in [0.5, 0.6) is 23.0 Å². The van der Waals surface area contributed by atoms with Crippen LogP contribution in [0.4, 0.5) is 5.69 Å². The minimum absolute atomic E-state index is 0.00373. The van der Waals surface area contributed by atoms with Crippen LogP contribution < -0.4 is 24.2 Å². The number of para-hydroxylation sites is 1. The van der Waals surface area contributed by atoms with Crippen molar-refractivity contribution in [2.75, 3.05) is 11.5 Å². The van der Waals surface area contributed by atoms with E-state index < -0.39 is 15.9 Å². The van der Waals surface area contributed by atoms with E-state index in [4.69, 9.17) is 14.2 Å². The van der Waals surface area contributed by atoms with Crippen LogP contribution in [0.3, 0.4) is 0 Å². The maximum absolute atomic E-state index is 13.6. The van der Waals surface area contributed by atoms with Crippen LogP contribution >= 0.6 is 0 Å². The number of anilines is 1. The van der Waals surface area contributed by atoms with Gasteiger partial charge in [0.25, 0.3) is 15.9 Å². The molecule has 212 valence electrons. The minimum Gasteiger partial charge on any atom is -0.457 e. The van der Waals surface area contributed by atoms with Crippen molar-refractivity contribution in [2.24, 2.45) is 0 Å². The molecule has 6 rings (SSSR count). The van der Waals surface area contributed by atoms with E-state index >= 15 is 0 Å². The second-order valence-corrected chi connectivity index (χ2v) is 11.3. The summed E-state index contributed by atoms with van der Waals surface area (Å²) in [5.74, 6) is 1.74. The first-order valence-corrected chi connectivity index (χ1v) is 14.8. The number of rotatable bonds is 9. The molecule has 1 aliphatic heterocycles. The molecule has 4 aromatic carbocycles. The summed E-state index contributed by atoms with van der Waals surface area (Å²) in [6, 6.07) is 26.1. The summed E-state index contributed by atoms with van der Waals surface area (Å²) in [5.41, 5.74) is 2.41. The zero-order valence-corrected chi connectivity index (χ0v) is 23.5. The third-order valence-electron chi connectivity index (χ3n) is 6.80. The van der Waals surface area contributed by atoms with Gasteiger partial charge in [0, 0.05) is 18.1 Å². The Labute approximate surface area is 243 Å². The fourth-order valence-electron chi connectivity index (χ4n) is 4.65. The van der Waals surface area contributed by atoms with Crippen molar-refractivity contribution >= 4 is 32.5 Å². The van der Waals surface area contributed by atoms with Crippen molar-refractivity contribution in [1.82, 2.24) is 10.3 Å². The van der Waals surface area contributed by atoms with E-state index in [0.717, 1.165) is 17.5 Å². The van der Waals surface area contributed by atoms with Gasteiger partial charge in [-0.3, -0.25) is 14.5 Å². The lowest BCUT2D eigenvalue weighted by Gasteiger charge is -2.16. The summed E-state index contributed by atoms with van der Waals surface area (Å²) in [6.07, 6.45) is 2.38. The molecule has 10 heteroatoms. The van der Waals surface area contributed by atoms with Crippen LogP contribution in [0.1, 0.15) is 28.4 Å². The van der Waals surface area contributed by atoms with Gasteiger partial charge in [0.1, 0.15) is 16.4 Å². The molecule has 2 N–H and O–H groups in total. The zero-order chi connectivity index (χ0) is 29.1.